The predicted octanol–water partition coefficient (Wildman–Crippen LogP) is 5.05. The van der Waals surface area contributed by atoms with Crippen molar-refractivity contribution in [2.75, 3.05) is 13.2 Å². The van der Waals surface area contributed by atoms with Crippen LogP contribution >= 0.6 is 0 Å². The highest BCUT2D eigenvalue weighted by Gasteiger charge is 2.21. The number of hydrogen-bond acceptors (Lipinski definition) is 4. The zero-order valence-electron chi connectivity index (χ0n) is 17.8. The van der Waals surface area contributed by atoms with Crippen LogP contribution in [-0.4, -0.2) is 29.0 Å². The fourth-order valence-electron chi connectivity index (χ4n) is 3.24. The number of aryl methyl sites for hydroxylation is 1. The van der Waals surface area contributed by atoms with Crippen LogP contribution in [0.15, 0.2) is 18.2 Å². The number of aliphatic hydroxyl groups excluding tert-OH is 1. The average Bonchev–Trinajstić information content (AvgIpc) is 2.64. The van der Waals surface area contributed by atoms with Crippen LogP contribution in [0.2, 0.25) is 0 Å². The van der Waals surface area contributed by atoms with Crippen LogP contribution in [0.3, 0.4) is 0 Å². The fraction of sp³-hybridized carbons (Fsp3) is 0.739. The number of aromatic hydroxyl groups is 1. The van der Waals surface area contributed by atoms with Gasteiger partial charge in [0.05, 0.1) is 13.2 Å². The zero-order chi connectivity index (χ0) is 20.3. The van der Waals surface area contributed by atoms with E-state index in [9.17, 15) is 10.2 Å². The Labute approximate surface area is 166 Å². The van der Waals surface area contributed by atoms with E-state index in [1.165, 1.54) is 25.7 Å². The maximum atomic E-state index is 10.2. The molecule has 1 unspecified atom stereocenters. The molecule has 27 heavy (non-hydrogen) atoms. The topological polar surface area (TPSA) is 75.7 Å². The lowest BCUT2D eigenvalue weighted by atomic mass is 9.90. The van der Waals surface area contributed by atoms with E-state index >= 15 is 0 Å². The molecule has 0 bridgehead atoms. The molecule has 156 valence electrons. The zero-order valence-corrected chi connectivity index (χ0v) is 17.8. The fourth-order valence-corrected chi connectivity index (χ4v) is 3.24. The van der Waals surface area contributed by atoms with Crippen molar-refractivity contribution in [2.24, 2.45) is 17.6 Å². The Bertz CT molecular complexity index is 526. The van der Waals surface area contributed by atoms with Gasteiger partial charge in [0.15, 0.2) is 0 Å². The van der Waals surface area contributed by atoms with Gasteiger partial charge in [0.2, 0.25) is 0 Å². The van der Waals surface area contributed by atoms with Crippen molar-refractivity contribution in [3.05, 3.63) is 23.8 Å². The van der Waals surface area contributed by atoms with Crippen LogP contribution in [0, 0.1) is 11.8 Å². The standard InChI is InChI=1S/C23H41NO3/c1-5-23(24,17-25)14-13-20-11-12-21(16-22(20)26)27-15-7-10-19(4)9-6-8-18(2)3/h11-12,16,18-19,25-26H,5-10,13-15,17,24H2,1-4H3/t19?,23-/m0/s1. The minimum atomic E-state index is -0.576. The molecule has 0 saturated carbocycles. The summed E-state index contributed by atoms with van der Waals surface area (Å²) in [4.78, 5) is 0. The van der Waals surface area contributed by atoms with Crippen molar-refractivity contribution < 1.29 is 14.9 Å². The lowest BCUT2D eigenvalue weighted by Gasteiger charge is -2.25. The van der Waals surface area contributed by atoms with Gasteiger partial charge in [0.1, 0.15) is 11.5 Å². The van der Waals surface area contributed by atoms with Gasteiger partial charge < -0.3 is 20.7 Å². The van der Waals surface area contributed by atoms with E-state index in [1.54, 1.807) is 6.07 Å². The first kappa shape index (κ1) is 23.8. The van der Waals surface area contributed by atoms with E-state index in [4.69, 9.17) is 10.5 Å². The number of aliphatic hydroxyl groups is 1. The first-order chi connectivity index (χ1) is 12.8. The SMILES string of the molecule is CC[C@@](N)(CO)CCc1ccc(OCCCC(C)CCCC(C)C)cc1O. The van der Waals surface area contributed by atoms with Gasteiger partial charge in [0, 0.05) is 11.6 Å². The summed E-state index contributed by atoms with van der Waals surface area (Å²) in [6.45, 7) is 9.49. The van der Waals surface area contributed by atoms with E-state index in [0.717, 1.165) is 23.8 Å². The molecule has 1 aromatic rings. The van der Waals surface area contributed by atoms with Gasteiger partial charge in [0.25, 0.3) is 0 Å². The number of ether oxygens (including phenoxy) is 1. The first-order valence-corrected chi connectivity index (χ1v) is 10.6. The summed E-state index contributed by atoms with van der Waals surface area (Å²) in [7, 11) is 0. The highest BCUT2D eigenvalue weighted by Crippen LogP contribution is 2.27. The Morgan fingerprint density at radius 2 is 1.81 bits per heavy atom. The molecule has 0 amide bonds. The van der Waals surface area contributed by atoms with Crippen molar-refractivity contribution in [3.8, 4) is 11.5 Å². The molecule has 1 aromatic carbocycles. The molecule has 0 aliphatic rings. The third-order valence-electron chi connectivity index (χ3n) is 5.56. The van der Waals surface area contributed by atoms with Crippen LogP contribution in [0.5, 0.6) is 11.5 Å². The van der Waals surface area contributed by atoms with Gasteiger partial charge in [-0.1, -0.05) is 53.0 Å². The van der Waals surface area contributed by atoms with Crippen LogP contribution in [-0.2, 0) is 6.42 Å². The quantitative estimate of drug-likeness (QED) is 0.396. The average molecular weight is 380 g/mol. The van der Waals surface area contributed by atoms with Gasteiger partial charge >= 0.3 is 0 Å². The number of phenols is 1. The molecular formula is C23H41NO3. The molecule has 0 aliphatic carbocycles. The lowest BCUT2D eigenvalue weighted by molar-refractivity contribution is 0.182. The van der Waals surface area contributed by atoms with E-state index in [2.05, 4.69) is 20.8 Å². The Morgan fingerprint density at radius 3 is 2.41 bits per heavy atom. The Hall–Kier alpha value is -1.26. The molecule has 2 atom stereocenters. The Kier molecular flexibility index (Phi) is 10.8. The third kappa shape index (κ3) is 9.48. The molecule has 4 heteroatoms. The number of hydrogen-bond donors (Lipinski definition) is 3. The summed E-state index contributed by atoms with van der Waals surface area (Å²) in [5.74, 6) is 2.49. The van der Waals surface area contributed by atoms with Crippen molar-refractivity contribution in [2.45, 2.75) is 84.6 Å². The van der Waals surface area contributed by atoms with Crippen molar-refractivity contribution in [3.63, 3.8) is 0 Å². The predicted molar refractivity (Wildman–Crippen MR) is 113 cm³/mol. The van der Waals surface area contributed by atoms with Gasteiger partial charge in [-0.3, -0.25) is 0 Å². The van der Waals surface area contributed by atoms with E-state index in [1.807, 2.05) is 19.1 Å². The van der Waals surface area contributed by atoms with Gasteiger partial charge in [-0.25, -0.2) is 0 Å². The number of nitrogens with two attached hydrogens (primary N) is 1. The molecule has 0 radical (unpaired) electrons. The van der Waals surface area contributed by atoms with Crippen LogP contribution in [0.25, 0.3) is 0 Å². The van der Waals surface area contributed by atoms with E-state index in [0.29, 0.717) is 31.6 Å². The Balaban J connectivity index is 2.34. The summed E-state index contributed by atoms with van der Waals surface area (Å²) in [5.41, 5.74) is 6.39. The second kappa shape index (κ2) is 12.2. The molecule has 0 aromatic heterocycles. The molecule has 0 heterocycles. The van der Waals surface area contributed by atoms with Crippen molar-refractivity contribution >= 4 is 0 Å². The first-order valence-electron chi connectivity index (χ1n) is 10.6. The maximum absolute atomic E-state index is 10.2. The number of rotatable bonds is 14. The number of benzene rings is 1. The highest BCUT2D eigenvalue weighted by atomic mass is 16.5. The van der Waals surface area contributed by atoms with E-state index < -0.39 is 5.54 Å². The third-order valence-corrected chi connectivity index (χ3v) is 5.56. The van der Waals surface area contributed by atoms with Crippen LogP contribution < -0.4 is 10.5 Å². The summed E-state index contributed by atoms with van der Waals surface area (Å²) < 4.78 is 5.80. The van der Waals surface area contributed by atoms with Crippen LogP contribution in [0.4, 0.5) is 0 Å². The normalized spacial score (nSPS) is 14.9. The molecule has 0 aliphatic heterocycles. The summed E-state index contributed by atoms with van der Waals surface area (Å²) in [5, 5.41) is 19.6. The highest BCUT2D eigenvalue weighted by molar-refractivity contribution is 5.39. The molecule has 4 N–H and O–H groups in total. The van der Waals surface area contributed by atoms with Crippen LogP contribution in [0.1, 0.15) is 78.2 Å². The largest absolute Gasteiger partial charge is 0.508 e. The van der Waals surface area contributed by atoms with Crippen molar-refractivity contribution in [1.82, 2.24) is 0 Å². The molecule has 0 saturated heterocycles. The Morgan fingerprint density at radius 1 is 1.11 bits per heavy atom. The van der Waals surface area contributed by atoms with E-state index in [-0.39, 0.29) is 12.4 Å². The monoisotopic (exact) mass is 379 g/mol. The number of phenolic OH excluding ortho intramolecular Hbond substituents is 1. The minimum Gasteiger partial charge on any atom is -0.508 e. The second-order valence-electron chi connectivity index (χ2n) is 8.59. The van der Waals surface area contributed by atoms with Gasteiger partial charge in [-0.05, 0) is 55.6 Å². The minimum absolute atomic E-state index is 0.0403. The summed E-state index contributed by atoms with van der Waals surface area (Å²) in [6, 6.07) is 5.49. The molecule has 4 nitrogen and oxygen atoms in total. The maximum Gasteiger partial charge on any atom is 0.122 e. The molecule has 0 spiro atoms. The molecule has 1 rings (SSSR count). The molecule has 0 fully saturated rings. The smallest absolute Gasteiger partial charge is 0.122 e. The molecular weight excluding hydrogens is 338 g/mol. The van der Waals surface area contributed by atoms with Gasteiger partial charge in [-0.2, -0.15) is 0 Å². The second-order valence-corrected chi connectivity index (χ2v) is 8.59. The van der Waals surface area contributed by atoms with Crippen molar-refractivity contribution in [1.29, 1.82) is 0 Å². The van der Waals surface area contributed by atoms with Gasteiger partial charge in [-0.15, -0.1) is 0 Å². The summed E-state index contributed by atoms with van der Waals surface area (Å²) in [6.07, 6.45) is 8.13. The lowest BCUT2D eigenvalue weighted by Crippen LogP contribution is -2.43. The summed E-state index contributed by atoms with van der Waals surface area (Å²) >= 11 is 0.